The van der Waals surface area contributed by atoms with Crippen LogP contribution in [0.5, 0.6) is 5.75 Å². The smallest absolute Gasteiger partial charge is 0.191 e. The van der Waals surface area contributed by atoms with E-state index in [9.17, 15) is 18.3 Å². The molecule has 0 N–H and O–H groups in total. The van der Waals surface area contributed by atoms with Gasteiger partial charge < -0.3 is 4.74 Å². The maximum atomic E-state index is 13.6. The van der Waals surface area contributed by atoms with Crippen molar-refractivity contribution in [2.24, 2.45) is 0 Å². The molecule has 1 saturated heterocycles. The molecule has 0 unspecified atom stereocenters. The Hall–Kier alpha value is -1.64. The number of thiazole rings is 1. The van der Waals surface area contributed by atoms with E-state index in [2.05, 4.69) is 9.88 Å². The monoisotopic (exact) mass is 357 g/mol. The second-order valence-corrected chi connectivity index (χ2v) is 6.61. The summed E-state index contributed by atoms with van der Waals surface area (Å²) >= 11 is 1.36. The van der Waals surface area contributed by atoms with Gasteiger partial charge in [0.15, 0.2) is 17.4 Å². The first-order valence-corrected chi connectivity index (χ1v) is 8.48. The van der Waals surface area contributed by atoms with Crippen molar-refractivity contribution in [1.82, 2.24) is 9.88 Å². The van der Waals surface area contributed by atoms with Crippen LogP contribution in [0.1, 0.15) is 23.5 Å². The van der Waals surface area contributed by atoms with E-state index in [1.165, 1.54) is 11.3 Å². The summed E-state index contributed by atoms with van der Waals surface area (Å²) in [6.07, 6.45) is 0.896. The third-order valence-corrected chi connectivity index (χ3v) is 4.76. The molecule has 2 heterocycles. The van der Waals surface area contributed by atoms with Crippen molar-refractivity contribution in [3.05, 3.63) is 45.7 Å². The number of rotatable bonds is 5. The van der Waals surface area contributed by atoms with E-state index in [4.69, 9.17) is 4.74 Å². The van der Waals surface area contributed by atoms with Gasteiger partial charge in [-0.2, -0.15) is 0 Å². The third kappa shape index (κ3) is 4.06. The first-order chi connectivity index (χ1) is 11.5. The minimum Gasteiger partial charge on any atom is -0.484 e. The summed E-state index contributed by atoms with van der Waals surface area (Å²) in [5, 5.41) is 13.2. The maximum Gasteiger partial charge on any atom is 0.191 e. The van der Waals surface area contributed by atoms with Gasteiger partial charge in [0.1, 0.15) is 23.5 Å². The molecule has 0 spiro atoms. The van der Waals surface area contributed by atoms with Crippen LogP contribution in [-0.2, 0) is 18.3 Å². The number of halogens is 3. The molecule has 0 aliphatic carbocycles. The van der Waals surface area contributed by atoms with Gasteiger partial charge in [-0.25, -0.2) is 23.3 Å². The van der Waals surface area contributed by atoms with Crippen LogP contribution in [0, 0.1) is 17.5 Å². The van der Waals surface area contributed by atoms with Crippen molar-refractivity contribution in [3.8, 4) is 5.75 Å². The molecule has 24 heavy (non-hydrogen) atoms. The fourth-order valence-electron chi connectivity index (χ4n) is 2.71. The maximum absolute atomic E-state index is 13.6. The van der Waals surface area contributed by atoms with Gasteiger partial charge in [-0.3, -0.25) is 4.90 Å². The van der Waals surface area contributed by atoms with Crippen molar-refractivity contribution < 1.29 is 23.0 Å². The number of hydrogen-bond acceptors (Lipinski definition) is 4. The van der Waals surface area contributed by atoms with E-state index < -0.39 is 23.2 Å². The van der Waals surface area contributed by atoms with Crippen LogP contribution < -0.4 is 4.74 Å². The van der Waals surface area contributed by atoms with Gasteiger partial charge in [-0.15, -0.1) is 11.3 Å². The van der Waals surface area contributed by atoms with Crippen molar-refractivity contribution in [3.63, 3.8) is 0 Å². The molecule has 1 aromatic heterocycles. The molecule has 1 aliphatic rings. The van der Waals surface area contributed by atoms with Crippen molar-refractivity contribution >= 4 is 11.3 Å². The average Bonchev–Trinajstić information content (AvgIpc) is 3.00. The number of hydrogen-bond donors (Lipinski definition) is 0. The Labute approximate surface area is 141 Å². The summed E-state index contributed by atoms with van der Waals surface area (Å²) < 4.78 is 45.5. The Bertz CT molecular complexity index is 679. The quantitative estimate of drug-likeness (QED) is 0.822. The molecule has 2 aromatic rings. The molecule has 1 fully saturated rings. The molecule has 0 saturated carbocycles. The van der Waals surface area contributed by atoms with Crippen molar-refractivity contribution in [1.29, 1.82) is 0 Å². The summed E-state index contributed by atoms with van der Waals surface area (Å²) in [6.45, 7) is 1.72. The normalized spacial score (nSPS) is 16.5. The number of aromatic nitrogens is 1. The first kappa shape index (κ1) is 17.2. The van der Waals surface area contributed by atoms with Crippen molar-refractivity contribution in [2.75, 3.05) is 13.1 Å². The van der Waals surface area contributed by atoms with E-state index >= 15 is 0 Å². The minimum atomic E-state index is -1.03. The van der Waals surface area contributed by atoms with E-state index in [0.29, 0.717) is 49.6 Å². The fraction of sp³-hybridized carbons (Fsp3) is 0.438. The molecule has 0 bridgehead atoms. The van der Waals surface area contributed by atoms with Crippen LogP contribution in [0.4, 0.5) is 13.2 Å². The van der Waals surface area contributed by atoms with Crippen LogP contribution >= 0.6 is 11.3 Å². The molecule has 1 aromatic carbocycles. The zero-order valence-corrected chi connectivity index (χ0v) is 13.6. The SMILES string of the molecule is [O]Cc1nc(CN2CCC(Oc3c(F)cc(F)cc3F)CC2)cs1. The van der Waals surface area contributed by atoms with E-state index in [1.807, 2.05) is 5.38 Å². The number of benzene rings is 1. The van der Waals surface area contributed by atoms with Gasteiger partial charge in [-0.05, 0) is 12.8 Å². The molecule has 1 aliphatic heterocycles. The highest BCUT2D eigenvalue weighted by Gasteiger charge is 2.24. The van der Waals surface area contributed by atoms with Gasteiger partial charge in [0, 0.05) is 37.1 Å². The zero-order valence-electron chi connectivity index (χ0n) is 12.8. The molecular formula is C16H16F3N2O2S. The molecule has 0 atom stereocenters. The highest BCUT2D eigenvalue weighted by molar-refractivity contribution is 7.09. The topological polar surface area (TPSA) is 45.3 Å². The second-order valence-electron chi connectivity index (χ2n) is 5.67. The lowest BCUT2D eigenvalue weighted by Gasteiger charge is -2.31. The van der Waals surface area contributed by atoms with Gasteiger partial charge in [0.05, 0.1) is 5.69 Å². The predicted octanol–water partition coefficient (Wildman–Crippen LogP) is 3.53. The lowest BCUT2D eigenvalue weighted by Crippen LogP contribution is -2.38. The highest BCUT2D eigenvalue weighted by atomic mass is 32.1. The number of likely N-dealkylation sites (tertiary alicyclic amines) is 1. The van der Waals surface area contributed by atoms with Crippen LogP contribution in [0.15, 0.2) is 17.5 Å². The standard InChI is InChI=1S/C16H16F3N2O2S/c17-10-5-13(18)16(14(19)6-10)23-12-1-3-21(4-2-12)7-11-9-24-15(8-22)20-11/h5-6,9,12H,1-4,7-8H2. The lowest BCUT2D eigenvalue weighted by molar-refractivity contribution is 0.0892. The molecule has 129 valence electrons. The van der Waals surface area contributed by atoms with Gasteiger partial charge in [-0.1, -0.05) is 0 Å². The average molecular weight is 357 g/mol. The highest BCUT2D eigenvalue weighted by Crippen LogP contribution is 2.26. The largest absolute Gasteiger partial charge is 0.484 e. The van der Waals surface area contributed by atoms with Crippen LogP contribution in [0.2, 0.25) is 0 Å². The van der Waals surface area contributed by atoms with Crippen LogP contribution in [0.25, 0.3) is 0 Å². The van der Waals surface area contributed by atoms with Gasteiger partial charge >= 0.3 is 0 Å². The summed E-state index contributed by atoms with van der Waals surface area (Å²) in [6, 6.07) is 1.23. The fourth-order valence-corrected chi connectivity index (χ4v) is 3.35. The summed E-state index contributed by atoms with van der Waals surface area (Å²) in [5.41, 5.74) is 0.862. The Balaban J connectivity index is 1.54. The number of nitrogens with zero attached hydrogens (tertiary/aromatic N) is 2. The molecule has 3 rings (SSSR count). The van der Waals surface area contributed by atoms with Gasteiger partial charge in [0.2, 0.25) is 0 Å². The molecule has 0 amide bonds. The molecule has 8 heteroatoms. The van der Waals surface area contributed by atoms with Crippen LogP contribution in [0.3, 0.4) is 0 Å². The third-order valence-electron chi connectivity index (χ3n) is 3.89. The molecule has 4 nitrogen and oxygen atoms in total. The first-order valence-electron chi connectivity index (χ1n) is 7.60. The van der Waals surface area contributed by atoms with Gasteiger partial charge in [0.25, 0.3) is 0 Å². The number of ether oxygens (including phenoxy) is 1. The minimum absolute atomic E-state index is 0.310. The predicted molar refractivity (Wildman–Crippen MR) is 81.7 cm³/mol. The van der Waals surface area contributed by atoms with Crippen LogP contribution in [-0.4, -0.2) is 29.1 Å². The molecular weight excluding hydrogens is 341 g/mol. The second kappa shape index (κ2) is 7.50. The lowest BCUT2D eigenvalue weighted by atomic mass is 10.1. The Morgan fingerprint density at radius 2 is 1.88 bits per heavy atom. The van der Waals surface area contributed by atoms with E-state index in [1.54, 1.807) is 0 Å². The van der Waals surface area contributed by atoms with Crippen molar-refractivity contribution in [2.45, 2.75) is 32.1 Å². The van der Waals surface area contributed by atoms with E-state index in [-0.39, 0.29) is 12.7 Å². The Morgan fingerprint density at radius 3 is 2.46 bits per heavy atom. The number of piperidine rings is 1. The Morgan fingerprint density at radius 1 is 1.21 bits per heavy atom. The zero-order chi connectivity index (χ0) is 17.1. The summed E-state index contributed by atoms with van der Waals surface area (Å²) in [4.78, 5) is 6.39. The summed E-state index contributed by atoms with van der Waals surface area (Å²) in [7, 11) is 0. The molecule has 1 radical (unpaired) electrons. The van der Waals surface area contributed by atoms with E-state index in [0.717, 1.165) is 5.69 Å². The Kier molecular flexibility index (Phi) is 5.37. The summed E-state index contributed by atoms with van der Waals surface area (Å²) in [5.74, 6) is -3.53.